The summed E-state index contributed by atoms with van der Waals surface area (Å²) >= 11 is 0. The predicted molar refractivity (Wildman–Crippen MR) is 59.0 cm³/mol. The maximum absolute atomic E-state index is 12.8. The van der Waals surface area contributed by atoms with Gasteiger partial charge in [-0.2, -0.15) is 0 Å². The Labute approximate surface area is 96.7 Å². The molecule has 0 fully saturated rings. The Hall–Kier alpha value is -2.27. The molecule has 17 heavy (non-hydrogen) atoms. The summed E-state index contributed by atoms with van der Waals surface area (Å²) in [5.74, 6) is -1.44. The number of carbonyl (C=O) groups excluding carboxylic acids is 1. The zero-order valence-electron chi connectivity index (χ0n) is 8.93. The molecule has 0 aliphatic rings. The average Bonchev–Trinajstić information content (AvgIpc) is 2.32. The molecule has 0 saturated heterocycles. The van der Waals surface area contributed by atoms with Gasteiger partial charge in [-0.1, -0.05) is 5.11 Å². The first-order valence-electron chi connectivity index (χ1n) is 4.92. The predicted octanol–water partition coefficient (Wildman–Crippen LogP) is 1.96. The average molecular weight is 238 g/mol. The second-order valence-electron chi connectivity index (χ2n) is 3.23. The van der Waals surface area contributed by atoms with Crippen LogP contribution in [0.3, 0.4) is 0 Å². The van der Waals surface area contributed by atoms with Gasteiger partial charge in [-0.25, -0.2) is 4.39 Å². The SMILES string of the molecule is [N-]=[N+]=NCCCNC(=O)c1cc(F)ccc1O. The number of halogens is 1. The monoisotopic (exact) mass is 238 g/mol. The second kappa shape index (κ2) is 6.34. The van der Waals surface area contributed by atoms with Crippen LogP contribution in [0.5, 0.6) is 5.75 Å². The van der Waals surface area contributed by atoms with Crippen LogP contribution in [-0.2, 0) is 0 Å². The van der Waals surface area contributed by atoms with Gasteiger partial charge < -0.3 is 10.4 Å². The lowest BCUT2D eigenvalue weighted by Crippen LogP contribution is -2.25. The topological polar surface area (TPSA) is 98.1 Å². The summed E-state index contributed by atoms with van der Waals surface area (Å²) in [6, 6.07) is 3.13. The Balaban J connectivity index is 2.52. The largest absolute Gasteiger partial charge is 0.507 e. The maximum Gasteiger partial charge on any atom is 0.255 e. The molecule has 1 aromatic carbocycles. The Morgan fingerprint density at radius 3 is 3.06 bits per heavy atom. The van der Waals surface area contributed by atoms with Crippen molar-refractivity contribution in [2.24, 2.45) is 5.11 Å². The van der Waals surface area contributed by atoms with Crippen molar-refractivity contribution >= 4 is 5.91 Å². The van der Waals surface area contributed by atoms with Crippen molar-refractivity contribution < 1.29 is 14.3 Å². The van der Waals surface area contributed by atoms with E-state index in [1.807, 2.05) is 0 Å². The van der Waals surface area contributed by atoms with Crippen molar-refractivity contribution in [1.29, 1.82) is 0 Å². The summed E-state index contributed by atoms with van der Waals surface area (Å²) in [6.07, 6.45) is 0.478. The third-order valence-corrected chi connectivity index (χ3v) is 1.99. The molecule has 0 unspecified atom stereocenters. The number of nitrogens with one attached hydrogen (secondary N) is 1. The van der Waals surface area contributed by atoms with Crippen LogP contribution in [0.2, 0.25) is 0 Å². The van der Waals surface area contributed by atoms with Crippen molar-refractivity contribution in [2.75, 3.05) is 13.1 Å². The van der Waals surface area contributed by atoms with Crippen LogP contribution in [0, 0.1) is 5.82 Å². The highest BCUT2D eigenvalue weighted by molar-refractivity contribution is 5.96. The molecule has 0 saturated carbocycles. The minimum Gasteiger partial charge on any atom is -0.507 e. The van der Waals surface area contributed by atoms with Gasteiger partial charge in [0.15, 0.2) is 0 Å². The van der Waals surface area contributed by atoms with Crippen molar-refractivity contribution in [3.63, 3.8) is 0 Å². The molecule has 7 heteroatoms. The summed E-state index contributed by atoms with van der Waals surface area (Å²) in [6.45, 7) is 0.555. The fraction of sp³-hybridized carbons (Fsp3) is 0.300. The van der Waals surface area contributed by atoms with E-state index in [0.717, 1.165) is 18.2 Å². The summed E-state index contributed by atoms with van der Waals surface area (Å²) in [4.78, 5) is 14.1. The van der Waals surface area contributed by atoms with Crippen LogP contribution in [-0.4, -0.2) is 24.1 Å². The molecule has 1 amide bonds. The van der Waals surface area contributed by atoms with E-state index < -0.39 is 11.7 Å². The van der Waals surface area contributed by atoms with Gasteiger partial charge >= 0.3 is 0 Å². The summed E-state index contributed by atoms with van der Waals surface area (Å²) < 4.78 is 12.8. The summed E-state index contributed by atoms with van der Waals surface area (Å²) in [5, 5.41) is 15.1. The van der Waals surface area contributed by atoms with Crippen molar-refractivity contribution in [2.45, 2.75) is 6.42 Å². The van der Waals surface area contributed by atoms with Gasteiger partial charge in [-0.05, 0) is 30.2 Å². The standard InChI is InChI=1S/C10H11FN4O2/c11-7-2-3-9(16)8(6-7)10(17)13-4-1-5-14-15-12/h2-3,6,16H,1,4-5H2,(H,13,17). The lowest BCUT2D eigenvalue weighted by molar-refractivity contribution is 0.0950. The minimum absolute atomic E-state index is 0.117. The number of benzene rings is 1. The van der Waals surface area contributed by atoms with Crippen LogP contribution in [0.1, 0.15) is 16.8 Å². The number of hydrogen-bond acceptors (Lipinski definition) is 3. The molecule has 0 atom stereocenters. The van der Waals surface area contributed by atoms with E-state index in [4.69, 9.17) is 5.53 Å². The fourth-order valence-corrected chi connectivity index (χ4v) is 1.18. The molecule has 1 aromatic rings. The van der Waals surface area contributed by atoms with Gasteiger partial charge in [0.2, 0.25) is 0 Å². The van der Waals surface area contributed by atoms with Crippen LogP contribution in [0.4, 0.5) is 4.39 Å². The number of phenols is 1. The van der Waals surface area contributed by atoms with Gasteiger partial charge in [0.1, 0.15) is 11.6 Å². The van der Waals surface area contributed by atoms with E-state index in [9.17, 15) is 14.3 Å². The number of nitrogens with zero attached hydrogens (tertiary/aromatic N) is 3. The molecular formula is C10H11FN4O2. The molecule has 0 aromatic heterocycles. The van der Waals surface area contributed by atoms with E-state index >= 15 is 0 Å². The summed E-state index contributed by atoms with van der Waals surface area (Å²) in [7, 11) is 0. The number of rotatable bonds is 5. The normalized spacial score (nSPS) is 9.47. The lowest BCUT2D eigenvalue weighted by Gasteiger charge is -2.05. The molecule has 0 radical (unpaired) electrons. The van der Waals surface area contributed by atoms with Gasteiger partial charge in [0.05, 0.1) is 5.56 Å². The molecular weight excluding hydrogens is 227 g/mol. The third kappa shape index (κ3) is 4.00. The van der Waals surface area contributed by atoms with Crippen LogP contribution in [0.15, 0.2) is 23.3 Å². The highest BCUT2D eigenvalue weighted by Crippen LogP contribution is 2.17. The fourth-order valence-electron chi connectivity index (χ4n) is 1.18. The molecule has 0 heterocycles. The van der Waals surface area contributed by atoms with Crippen molar-refractivity contribution in [3.05, 3.63) is 40.0 Å². The zero-order chi connectivity index (χ0) is 12.7. The molecule has 2 N–H and O–H groups in total. The Kier molecular flexibility index (Phi) is 4.77. The number of azide groups is 1. The molecule has 0 aliphatic carbocycles. The molecule has 90 valence electrons. The van der Waals surface area contributed by atoms with E-state index in [0.29, 0.717) is 6.42 Å². The Bertz CT molecular complexity index is 458. The van der Waals surface area contributed by atoms with E-state index in [2.05, 4.69) is 15.3 Å². The second-order valence-corrected chi connectivity index (χ2v) is 3.23. The zero-order valence-corrected chi connectivity index (χ0v) is 8.93. The van der Waals surface area contributed by atoms with Gasteiger partial charge in [0, 0.05) is 18.0 Å². The highest BCUT2D eigenvalue weighted by Gasteiger charge is 2.11. The molecule has 1 rings (SSSR count). The smallest absolute Gasteiger partial charge is 0.255 e. The number of hydrogen-bond donors (Lipinski definition) is 2. The van der Waals surface area contributed by atoms with Gasteiger partial charge in [-0.3, -0.25) is 4.79 Å². The van der Waals surface area contributed by atoms with E-state index in [1.165, 1.54) is 0 Å². The summed E-state index contributed by atoms with van der Waals surface area (Å²) in [5.41, 5.74) is 7.90. The number of aromatic hydroxyl groups is 1. The van der Waals surface area contributed by atoms with Crippen LogP contribution < -0.4 is 5.32 Å². The van der Waals surface area contributed by atoms with E-state index in [-0.39, 0.29) is 24.4 Å². The highest BCUT2D eigenvalue weighted by atomic mass is 19.1. The number of carbonyl (C=O) groups is 1. The maximum atomic E-state index is 12.8. The lowest BCUT2D eigenvalue weighted by atomic mass is 10.2. The Morgan fingerprint density at radius 1 is 1.59 bits per heavy atom. The molecule has 0 spiro atoms. The van der Waals surface area contributed by atoms with Gasteiger partial charge in [-0.15, -0.1) is 0 Å². The third-order valence-electron chi connectivity index (χ3n) is 1.99. The first kappa shape index (κ1) is 12.8. The molecule has 6 nitrogen and oxygen atoms in total. The minimum atomic E-state index is -0.595. The van der Waals surface area contributed by atoms with Crippen LogP contribution >= 0.6 is 0 Å². The molecule has 0 aliphatic heterocycles. The molecule has 0 bridgehead atoms. The van der Waals surface area contributed by atoms with Gasteiger partial charge in [0.25, 0.3) is 5.91 Å². The van der Waals surface area contributed by atoms with Crippen molar-refractivity contribution in [3.8, 4) is 5.75 Å². The van der Waals surface area contributed by atoms with Crippen LogP contribution in [0.25, 0.3) is 10.4 Å². The van der Waals surface area contributed by atoms with Crippen molar-refractivity contribution in [1.82, 2.24) is 5.32 Å². The first-order valence-corrected chi connectivity index (χ1v) is 4.92. The Morgan fingerprint density at radius 2 is 2.35 bits per heavy atom. The number of phenolic OH excluding ortho intramolecular Hbond substituents is 1. The van der Waals surface area contributed by atoms with E-state index in [1.54, 1.807) is 0 Å². The quantitative estimate of drug-likeness (QED) is 0.354. The first-order chi connectivity index (χ1) is 8.15. The number of amides is 1.